The van der Waals surface area contributed by atoms with E-state index in [0.29, 0.717) is 23.0 Å². The van der Waals surface area contributed by atoms with Gasteiger partial charge in [-0.05, 0) is 66.7 Å². The maximum Gasteiger partial charge on any atom is 0.307 e. The summed E-state index contributed by atoms with van der Waals surface area (Å²) in [6, 6.07) is 17.8. The van der Waals surface area contributed by atoms with Crippen LogP contribution >= 0.6 is 11.3 Å². The molecule has 1 amide bonds. The zero-order chi connectivity index (χ0) is 22.1. The van der Waals surface area contributed by atoms with E-state index >= 15 is 0 Å². The molecule has 2 aliphatic rings. The van der Waals surface area contributed by atoms with Crippen LogP contribution in [0.25, 0.3) is 0 Å². The first-order chi connectivity index (χ1) is 15.5. The number of aromatic nitrogens is 2. The first-order valence-corrected chi connectivity index (χ1v) is 11.8. The summed E-state index contributed by atoms with van der Waals surface area (Å²) in [6.07, 6.45) is 5.54. The predicted molar refractivity (Wildman–Crippen MR) is 123 cm³/mol. The molecular formula is C25H25N3O3S. The number of rotatable bonds is 6. The highest BCUT2D eigenvalue weighted by molar-refractivity contribution is 7.15. The summed E-state index contributed by atoms with van der Waals surface area (Å²) in [7, 11) is 0. The fourth-order valence-corrected chi connectivity index (χ4v) is 5.77. The number of aliphatic carboxylic acids is 1. The summed E-state index contributed by atoms with van der Waals surface area (Å²) >= 11 is 1.39. The highest BCUT2D eigenvalue weighted by Crippen LogP contribution is 2.63. The highest BCUT2D eigenvalue weighted by Gasteiger charge is 2.58. The van der Waals surface area contributed by atoms with E-state index in [1.807, 2.05) is 54.6 Å². The smallest absolute Gasteiger partial charge is 0.307 e. The molecule has 0 saturated heterocycles. The van der Waals surface area contributed by atoms with Crippen molar-refractivity contribution >= 4 is 28.3 Å². The molecule has 1 heterocycles. The average Bonchev–Trinajstić information content (AvgIpc) is 3.34. The van der Waals surface area contributed by atoms with Gasteiger partial charge in [0.2, 0.25) is 5.13 Å². The minimum atomic E-state index is -0.638. The Labute approximate surface area is 190 Å². The summed E-state index contributed by atoms with van der Waals surface area (Å²) in [5.41, 5.74) is 3.04. The van der Waals surface area contributed by atoms with Gasteiger partial charge in [-0.2, -0.15) is 0 Å². The molecule has 0 radical (unpaired) electrons. The molecule has 6 nitrogen and oxygen atoms in total. The zero-order valence-electron chi connectivity index (χ0n) is 17.7. The van der Waals surface area contributed by atoms with Crippen molar-refractivity contribution in [2.45, 2.75) is 44.4 Å². The summed E-state index contributed by atoms with van der Waals surface area (Å²) in [5, 5.41) is 21.8. The molecule has 32 heavy (non-hydrogen) atoms. The fourth-order valence-electron chi connectivity index (χ4n) is 5.00. The second-order valence-electron chi connectivity index (χ2n) is 8.97. The molecule has 164 valence electrons. The molecule has 2 saturated carbocycles. The first-order valence-electron chi connectivity index (χ1n) is 11.0. The van der Waals surface area contributed by atoms with E-state index in [9.17, 15) is 14.7 Å². The molecule has 2 aliphatic carbocycles. The van der Waals surface area contributed by atoms with Crippen LogP contribution in [0.4, 0.5) is 5.13 Å². The SMILES string of the molecule is O=C(Nc1nnc(Cc2ccccc2)s1)c1ccc(C2CCC3(CC2)CC3C(=O)O)cc1. The number of carbonyl (C=O) groups is 2. The zero-order valence-corrected chi connectivity index (χ0v) is 18.5. The van der Waals surface area contributed by atoms with Crippen molar-refractivity contribution in [2.24, 2.45) is 11.3 Å². The van der Waals surface area contributed by atoms with Gasteiger partial charge in [0.1, 0.15) is 5.01 Å². The number of amides is 1. The molecule has 0 bridgehead atoms. The number of carboxylic acids is 1. The fraction of sp³-hybridized carbons (Fsp3) is 0.360. The molecule has 1 spiro atoms. The van der Waals surface area contributed by atoms with E-state index in [1.54, 1.807) is 0 Å². The molecule has 1 unspecified atom stereocenters. The van der Waals surface area contributed by atoms with Gasteiger partial charge in [-0.3, -0.25) is 14.9 Å². The first kappa shape index (κ1) is 20.8. The molecule has 7 heteroatoms. The third-order valence-electron chi connectivity index (χ3n) is 7.00. The van der Waals surface area contributed by atoms with E-state index < -0.39 is 5.97 Å². The number of anilines is 1. The van der Waals surface area contributed by atoms with Crippen molar-refractivity contribution in [1.29, 1.82) is 0 Å². The van der Waals surface area contributed by atoms with Crippen LogP contribution in [-0.4, -0.2) is 27.2 Å². The van der Waals surface area contributed by atoms with Gasteiger partial charge in [-0.15, -0.1) is 10.2 Å². The molecule has 2 fully saturated rings. The van der Waals surface area contributed by atoms with Crippen LogP contribution in [0.15, 0.2) is 54.6 Å². The Morgan fingerprint density at radius 3 is 2.41 bits per heavy atom. The van der Waals surface area contributed by atoms with Gasteiger partial charge in [0, 0.05) is 12.0 Å². The van der Waals surface area contributed by atoms with Gasteiger partial charge in [-0.25, -0.2) is 0 Å². The molecule has 3 aromatic rings. The summed E-state index contributed by atoms with van der Waals surface area (Å²) in [4.78, 5) is 23.9. The molecule has 2 aromatic carbocycles. The third-order valence-corrected chi connectivity index (χ3v) is 7.84. The number of hydrogen-bond acceptors (Lipinski definition) is 5. The lowest BCUT2D eigenvalue weighted by Crippen LogP contribution is -2.18. The second-order valence-corrected chi connectivity index (χ2v) is 10.0. The van der Waals surface area contributed by atoms with Gasteiger partial charge in [0.05, 0.1) is 5.92 Å². The van der Waals surface area contributed by atoms with Crippen LogP contribution in [0.1, 0.15) is 64.5 Å². The molecule has 1 aromatic heterocycles. The van der Waals surface area contributed by atoms with Crippen molar-refractivity contribution in [1.82, 2.24) is 10.2 Å². The van der Waals surface area contributed by atoms with Crippen LogP contribution in [0, 0.1) is 11.3 Å². The second kappa shape index (κ2) is 8.47. The van der Waals surface area contributed by atoms with Crippen LogP contribution < -0.4 is 5.32 Å². The van der Waals surface area contributed by atoms with Crippen molar-refractivity contribution < 1.29 is 14.7 Å². The number of carbonyl (C=O) groups excluding carboxylic acids is 1. The normalized spacial score (nSPS) is 24.2. The van der Waals surface area contributed by atoms with Gasteiger partial charge in [-0.1, -0.05) is 53.8 Å². The van der Waals surface area contributed by atoms with E-state index in [1.165, 1.54) is 16.9 Å². The van der Waals surface area contributed by atoms with Gasteiger partial charge < -0.3 is 5.11 Å². The summed E-state index contributed by atoms with van der Waals surface area (Å²) in [5.74, 6) is -0.523. The van der Waals surface area contributed by atoms with Crippen molar-refractivity contribution in [3.05, 3.63) is 76.3 Å². The largest absolute Gasteiger partial charge is 0.481 e. The molecule has 0 aliphatic heterocycles. The summed E-state index contributed by atoms with van der Waals surface area (Å²) < 4.78 is 0. The molecule has 2 N–H and O–H groups in total. The van der Waals surface area contributed by atoms with Crippen molar-refractivity contribution in [3.8, 4) is 0 Å². The molecule has 1 atom stereocenters. The quantitative estimate of drug-likeness (QED) is 0.546. The Hall–Kier alpha value is -3.06. The van der Waals surface area contributed by atoms with Gasteiger partial charge in [0.15, 0.2) is 0 Å². The number of nitrogens with zero attached hydrogens (tertiary/aromatic N) is 2. The Kier molecular flexibility index (Phi) is 5.51. The standard InChI is InChI=1S/C25H25N3O3S/c29-22(26-24-28-27-21(32-24)14-16-4-2-1-3-5-16)19-8-6-17(7-9-19)18-10-12-25(13-11-18)15-20(25)23(30)31/h1-9,18,20H,10-15H2,(H,30,31)(H,26,28,29). The lowest BCUT2D eigenvalue weighted by atomic mass is 9.75. The minimum absolute atomic E-state index is 0.0588. The Morgan fingerprint density at radius 1 is 1.03 bits per heavy atom. The number of hydrogen-bond donors (Lipinski definition) is 2. The minimum Gasteiger partial charge on any atom is -0.481 e. The van der Waals surface area contributed by atoms with Crippen molar-refractivity contribution in [2.75, 3.05) is 5.32 Å². The van der Waals surface area contributed by atoms with Crippen LogP contribution in [0.2, 0.25) is 0 Å². The maximum atomic E-state index is 12.6. The van der Waals surface area contributed by atoms with E-state index in [2.05, 4.69) is 15.5 Å². The Balaban J connectivity index is 1.16. The number of carboxylic acid groups (broad SMARTS) is 1. The number of benzene rings is 2. The van der Waals surface area contributed by atoms with Gasteiger partial charge >= 0.3 is 5.97 Å². The van der Waals surface area contributed by atoms with Crippen LogP contribution in [0.5, 0.6) is 0 Å². The third kappa shape index (κ3) is 4.30. The topological polar surface area (TPSA) is 92.2 Å². The molecule has 5 rings (SSSR count). The monoisotopic (exact) mass is 447 g/mol. The highest BCUT2D eigenvalue weighted by atomic mass is 32.1. The Morgan fingerprint density at radius 2 is 1.75 bits per heavy atom. The maximum absolute atomic E-state index is 12.6. The van der Waals surface area contributed by atoms with Gasteiger partial charge in [0.25, 0.3) is 5.91 Å². The number of nitrogens with one attached hydrogen (secondary N) is 1. The van der Waals surface area contributed by atoms with E-state index in [0.717, 1.165) is 42.7 Å². The lowest BCUT2D eigenvalue weighted by Gasteiger charge is -2.29. The van der Waals surface area contributed by atoms with Crippen molar-refractivity contribution in [3.63, 3.8) is 0 Å². The Bertz CT molecular complexity index is 1120. The molecular weight excluding hydrogens is 422 g/mol. The predicted octanol–water partition coefficient (Wildman–Crippen LogP) is 5.13. The van der Waals surface area contributed by atoms with E-state index in [-0.39, 0.29) is 17.2 Å². The average molecular weight is 448 g/mol. The van der Waals surface area contributed by atoms with E-state index in [4.69, 9.17) is 0 Å². The summed E-state index contributed by atoms with van der Waals surface area (Å²) in [6.45, 7) is 0. The van der Waals surface area contributed by atoms with Crippen LogP contribution in [0.3, 0.4) is 0 Å². The lowest BCUT2D eigenvalue weighted by molar-refractivity contribution is -0.139. The van der Waals surface area contributed by atoms with Crippen LogP contribution in [-0.2, 0) is 11.2 Å².